The molecule has 0 aliphatic heterocycles. The van der Waals surface area contributed by atoms with Crippen molar-refractivity contribution in [1.82, 2.24) is 5.32 Å². The lowest BCUT2D eigenvalue weighted by Crippen LogP contribution is -2.39. The van der Waals surface area contributed by atoms with Crippen LogP contribution in [0.1, 0.15) is 67.2 Å². The zero-order valence-electron chi connectivity index (χ0n) is 11.6. The third-order valence-corrected chi connectivity index (χ3v) is 3.36. The third kappa shape index (κ3) is 6.19. The molecule has 0 saturated heterocycles. The van der Waals surface area contributed by atoms with Gasteiger partial charge in [0.15, 0.2) is 0 Å². The highest BCUT2D eigenvalue weighted by molar-refractivity contribution is 4.78. The van der Waals surface area contributed by atoms with E-state index in [9.17, 15) is 0 Å². The highest BCUT2D eigenvalue weighted by atomic mass is 14.9. The molecule has 1 N–H and O–H groups in total. The molecular weight excluding hydrogens is 182 g/mol. The summed E-state index contributed by atoms with van der Waals surface area (Å²) in [6.45, 7) is 13.2. The smallest absolute Gasteiger partial charge is 0.00693 e. The fourth-order valence-electron chi connectivity index (χ4n) is 2.45. The van der Waals surface area contributed by atoms with Gasteiger partial charge < -0.3 is 5.32 Å². The predicted molar refractivity (Wildman–Crippen MR) is 70.2 cm³/mol. The first-order valence-electron chi connectivity index (χ1n) is 6.85. The Morgan fingerprint density at radius 2 is 1.40 bits per heavy atom. The molecule has 0 radical (unpaired) electrons. The molecule has 1 aliphatic rings. The Kier molecular flexibility index (Phi) is 8.13. The van der Waals surface area contributed by atoms with E-state index in [-0.39, 0.29) is 0 Å². The second-order valence-corrected chi connectivity index (χ2v) is 5.13. The van der Waals surface area contributed by atoms with Crippen LogP contribution in [0.2, 0.25) is 0 Å². The summed E-state index contributed by atoms with van der Waals surface area (Å²) in [7, 11) is 0. The van der Waals surface area contributed by atoms with Gasteiger partial charge in [0.2, 0.25) is 0 Å². The molecular formula is C14H31N. The maximum Gasteiger partial charge on any atom is 0.00693 e. The molecule has 1 fully saturated rings. The van der Waals surface area contributed by atoms with Gasteiger partial charge >= 0.3 is 0 Å². The van der Waals surface area contributed by atoms with Crippen LogP contribution in [0.25, 0.3) is 0 Å². The van der Waals surface area contributed by atoms with Crippen molar-refractivity contribution in [3.8, 4) is 0 Å². The lowest BCUT2D eigenvalue weighted by atomic mass is 9.79. The van der Waals surface area contributed by atoms with Gasteiger partial charge in [0.05, 0.1) is 0 Å². The lowest BCUT2D eigenvalue weighted by Gasteiger charge is -2.32. The number of rotatable bonds is 3. The van der Waals surface area contributed by atoms with E-state index in [0.29, 0.717) is 12.1 Å². The molecule has 0 bridgehead atoms. The molecule has 0 aromatic rings. The van der Waals surface area contributed by atoms with E-state index < -0.39 is 0 Å². The van der Waals surface area contributed by atoms with Crippen molar-refractivity contribution in [2.45, 2.75) is 79.3 Å². The summed E-state index contributed by atoms with van der Waals surface area (Å²) < 4.78 is 0. The molecule has 0 heterocycles. The van der Waals surface area contributed by atoms with E-state index in [1.54, 1.807) is 0 Å². The molecule has 0 spiro atoms. The predicted octanol–water partition coefficient (Wildman–Crippen LogP) is 4.23. The summed E-state index contributed by atoms with van der Waals surface area (Å²) in [6.07, 6.45) is 5.74. The highest BCUT2D eigenvalue weighted by Crippen LogP contribution is 2.30. The average molecular weight is 213 g/mol. The van der Waals surface area contributed by atoms with Gasteiger partial charge in [0.25, 0.3) is 0 Å². The Morgan fingerprint density at radius 3 is 1.80 bits per heavy atom. The molecule has 0 amide bonds. The second-order valence-electron chi connectivity index (χ2n) is 5.13. The third-order valence-electron chi connectivity index (χ3n) is 3.36. The summed E-state index contributed by atoms with van der Waals surface area (Å²) in [6, 6.07) is 1.35. The van der Waals surface area contributed by atoms with E-state index in [1.165, 1.54) is 25.7 Å². The molecule has 1 aliphatic carbocycles. The molecule has 1 saturated carbocycles. The van der Waals surface area contributed by atoms with Crippen LogP contribution in [0.4, 0.5) is 0 Å². The molecule has 1 rings (SSSR count). The number of hydrogen-bond donors (Lipinski definition) is 1. The van der Waals surface area contributed by atoms with Crippen LogP contribution in [-0.4, -0.2) is 12.1 Å². The Labute approximate surface area is 97.0 Å². The number of hydrogen-bond acceptors (Lipinski definition) is 1. The Balaban J connectivity index is 0.000000921. The minimum absolute atomic E-state index is 0.634. The van der Waals surface area contributed by atoms with Crippen molar-refractivity contribution in [1.29, 1.82) is 0 Å². The molecule has 15 heavy (non-hydrogen) atoms. The summed E-state index contributed by atoms with van der Waals surface area (Å²) in [5.41, 5.74) is 0. The van der Waals surface area contributed by atoms with Crippen LogP contribution in [0.3, 0.4) is 0 Å². The van der Waals surface area contributed by atoms with Crippen LogP contribution in [0, 0.1) is 11.8 Å². The van der Waals surface area contributed by atoms with Gasteiger partial charge in [-0.1, -0.05) is 47.5 Å². The largest absolute Gasteiger partial charge is 0.312 e. The quantitative estimate of drug-likeness (QED) is 0.740. The summed E-state index contributed by atoms with van der Waals surface area (Å²) in [4.78, 5) is 0. The second kappa shape index (κ2) is 8.15. The van der Waals surface area contributed by atoms with Crippen LogP contribution < -0.4 is 5.32 Å². The highest BCUT2D eigenvalue weighted by Gasteiger charge is 2.23. The standard InChI is InChI=1S/C12H25N.C2H6/c1-9(2)13-11(4)12-7-5-10(3)6-8-12;1-2/h9-13H,5-8H2,1-4H3;1-2H3/t10?,11-,12?;/m1./s1. The van der Waals surface area contributed by atoms with Crippen molar-refractivity contribution in [2.24, 2.45) is 11.8 Å². The van der Waals surface area contributed by atoms with E-state index in [1.807, 2.05) is 13.8 Å². The zero-order chi connectivity index (χ0) is 11.8. The summed E-state index contributed by atoms with van der Waals surface area (Å²) in [5, 5.41) is 3.63. The normalized spacial score (nSPS) is 28.2. The van der Waals surface area contributed by atoms with Crippen molar-refractivity contribution in [2.75, 3.05) is 0 Å². The van der Waals surface area contributed by atoms with E-state index >= 15 is 0 Å². The maximum absolute atomic E-state index is 3.63. The summed E-state index contributed by atoms with van der Waals surface area (Å²) >= 11 is 0. The monoisotopic (exact) mass is 213 g/mol. The molecule has 0 unspecified atom stereocenters. The average Bonchev–Trinajstić information content (AvgIpc) is 2.20. The number of nitrogens with one attached hydrogen (secondary N) is 1. The molecule has 1 atom stereocenters. The minimum atomic E-state index is 0.634. The van der Waals surface area contributed by atoms with Gasteiger partial charge in [0, 0.05) is 12.1 Å². The van der Waals surface area contributed by atoms with Crippen LogP contribution >= 0.6 is 0 Å². The molecule has 0 aromatic heterocycles. The first-order chi connectivity index (χ1) is 7.09. The Bertz CT molecular complexity index is 134. The Morgan fingerprint density at radius 1 is 0.933 bits per heavy atom. The van der Waals surface area contributed by atoms with Crippen LogP contribution in [-0.2, 0) is 0 Å². The first kappa shape index (κ1) is 15.0. The van der Waals surface area contributed by atoms with E-state index in [0.717, 1.165) is 11.8 Å². The van der Waals surface area contributed by atoms with Gasteiger partial charge in [-0.3, -0.25) is 0 Å². The zero-order valence-corrected chi connectivity index (χ0v) is 11.6. The topological polar surface area (TPSA) is 12.0 Å². The lowest BCUT2D eigenvalue weighted by molar-refractivity contribution is 0.232. The van der Waals surface area contributed by atoms with Gasteiger partial charge in [-0.15, -0.1) is 0 Å². The van der Waals surface area contributed by atoms with Gasteiger partial charge in [-0.2, -0.15) is 0 Å². The van der Waals surface area contributed by atoms with Crippen molar-refractivity contribution >= 4 is 0 Å². The van der Waals surface area contributed by atoms with Crippen molar-refractivity contribution < 1.29 is 0 Å². The fourth-order valence-corrected chi connectivity index (χ4v) is 2.45. The Hall–Kier alpha value is -0.0400. The fraction of sp³-hybridized carbons (Fsp3) is 1.00. The molecule has 92 valence electrons. The molecule has 1 nitrogen and oxygen atoms in total. The SMILES string of the molecule is CC.CC1CCC([C@@H](C)NC(C)C)CC1. The molecule has 0 aromatic carbocycles. The van der Waals surface area contributed by atoms with Crippen LogP contribution in [0.15, 0.2) is 0 Å². The first-order valence-corrected chi connectivity index (χ1v) is 6.85. The van der Waals surface area contributed by atoms with E-state index in [4.69, 9.17) is 0 Å². The van der Waals surface area contributed by atoms with Crippen molar-refractivity contribution in [3.05, 3.63) is 0 Å². The van der Waals surface area contributed by atoms with Crippen LogP contribution in [0.5, 0.6) is 0 Å². The summed E-state index contributed by atoms with van der Waals surface area (Å²) in [5.74, 6) is 1.90. The van der Waals surface area contributed by atoms with Crippen molar-refractivity contribution in [3.63, 3.8) is 0 Å². The van der Waals surface area contributed by atoms with Gasteiger partial charge in [-0.05, 0) is 31.6 Å². The van der Waals surface area contributed by atoms with E-state index in [2.05, 4.69) is 33.0 Å². The molecule has 1 heteroatoms. The van der Waals surface area contributed by atoms with Gasteiger partial charge in [-0.25, -0.2) is 0 Å². The van der Waals surface area contributed by atoms with Gasteiger partial charge in [0.1, 0.15) is 0 Å². The maximum atomic E-state index is 3.63. The minimum Gasteiger partial charge on any atom is -0.312 e.